The first kappa shape index (κ1) is 25.3. The third kappa shape index (κ3) is 5.52. The van der Waals surface area contributed by atoms with Crippen LogP contribution in [0.3, 0.4) is 0 Å². The number of carbonyl (C=O) groups is 2. The molecular weight excluding hydrogens is 485 g/mol. The molecule has 0 bridgehead atoms. The lowest BCUT2D eigenvalue weighted by atomic mass is 9.91. The minimum atomic E-state index is -4.29. The number of hydrogen-bond donors (Lipinski definition) is 2. The quantitative estimate of drug-likeness (QED) is 0.374. The van der Waals surface area contributed by atoms with Gasteiger partial charge in [0.15, 0.2) is 0 Å². The van der Waals surface area contributed by atoms with Crippen LogP contribution in [0.4, 0.5) is 4.39 Å². The van der Waals surface area contributed by atoms with Crippen molar-refractivity contribution in [2.75, 3.05) is 13.1 Å². The molecule has 0 unspecified atom stereocenters. The van der Waals surface area contributed by atoms with Gasteiger partial charge in [0.05, 0.1) is 11.9 Å². The van der Waals surface area contributed by atoms with Gasteiger partial charge in [0.2, 0.25) is 5.91 Å². The summed E-state index contributed by atoms with van der Waals surface area (Å²) in [6.45, 7) is 6.64. The second-order valence-electron chi connectivity index (χ2n) is 8.57. The Balaban J connectivity index is 1.46. The number of likely N-dealkylation sites (tertiary alicyclic amines) is 1. The van der Waals surface area contributed by atoms with Crippen LogP contribution in [0, 0.1) is 12.7 Å². The highest BCUT2D eigenvalue weighted by molar-refractivity contribution is 7.89. The van der Waals surface area contributed by atoms with E-state index in [-0.39, 0.29) is 17.4 Å². The minimum Gasteiger partial charge on any atom is -0.339 e. The number of hydrazine groups is 1. The Bertz CT molecular complexity index is 1410. The van der Waals surface area contributed by atoms with Gasteiger partial charge in [0, 0.05) is 24.8 Å². The van der Waals surface area contributed by atoms with Crippen LogP contribution in [0.15, 0.2) is 72.4 Å². The zero-order chi connectivity index (χ0) is 25.9. The largest absolute Gasteiger partial charge is 0.339 e. The van der Waals surface area contributed by atoms with Crippen molar-refractivity contribution in [1.82, 2.24) is 24.9 Å². The van der Waals surface area contributed by atoms with Gasteiger partial charge in [-0.3, -0.25) is 15.0 Å². The summed E-state index contributed by atoms with van der Waals surface area (Å²) in [5, 5.41) is 4.44. The summed E-state index contributed by atoms with van der Waals surface area (Å²) in [7, 11) is -4.29. The molecule has 0 radical (unpaired) electrons. The third-order valence-corrected chi connectivity index (χ3v) is 7.35. The Kier molecular flexibility index (Phi) is 7.32. The van der Waals surface area contributed by atoms with Crippen LogP contribution in [0.25, 0.3) is 5.69 Å². The van der Waals surface area contributed by atoms with E-state index in [0.717, 1.165) is 36.1 Å². The van der Waals surface area contributed by atoms with E-state index in [1.165, 1.54) is 18.2 Å². The predicted octanol–water partition coefficient (Wildman–Crippen LogP) is 2.84. The van der Waals surface area contributed by atoms with Crippen LogP contribution in [0.5, 0.6) is 0 Å². The summed E-state index contributed by atoms with van der Waals surface area (Å²) in [6.07, 6.45) is 6.63. The third-order valence-electron chi connectivity index (χ3n) is 6.07. The summed E-state index contributed by atoms with van der Waals surface area (Å²) < 4.78 is 40.3. The van der Waals surface area contributed by atoms with Gasteiger partial charge in [0.1, 0.15) is 10.7 Å². The fourth-order valence-corrected chi connectivity index (χ4v) is 5.10. The highest BCUT2D eigenvalue weighted by atomic mass is 32.2. The molecule has 2 heterocycles. The number of aromatic nitrogens is 2. The molecule has 0 aliphatic carbocycles. The first-order valence-electron chi connectivity index (χ1n) is 11.3. The molecule has 0 spiro atoms. The number of carbonyl (C=O) groups excluding carboxylic acids is 2. The van der Waals surface area contributed by atoms with Crippen molar-refractivity contribution in [2.45, 2.75) is 30.6 Å². The molecule has 0 saturated carbocycles. The lowest BCUT2D eigenvalue weighted by Gasteiger charge is -2.30. The van der Waals surface area contributed by atoms with Crippen LogP contribution in [-0.4, -0.2) is 48.0 Å². The molecule has 36 heavy (non-hydrogen) atoms. The van der Waals surface area contributed by atoms with Gasteiger partial charge in [0.25, 0.3) is 15.9 Å². The molecule has 11 heteroatoms. The molecule has 188 valence electrons. The monoisotopic (exact) mass is 511 g/mol. The average Bonchev–Trinajstić information content (AvgIpc) is 3.37. The highest BCUT2D eigenvalue weighted by Crippen LogP contribution is 2.28. The maximum Gasteiger partial charge on any atom is 0.266 e. The SMILES string of the molecule is C=CC(=O)N1CCC(c2cnn(-c3cc(C)cc(C(=O)NNS(=O)(=O)c4ccccc4F)c3)c2)CC1. The predicted molar refractivity (Wildman–Crippen MR) is 131 cm³/mol. The molecule has 9 nitrogen and oxygen atoms in total. The van der Waals surface area contributed by atoms with Crippen LogP contribution < -0.4 is 10.3 Å². The van der Waals surface area contributed by atoms with Crippen molar-refractivity contribution in [3.8, 4) is 5.69 Å². The zero-order valence-corrected chi connectivity index (χ0v) is 20.5. The molecule has 2 amide bonds. The molecule has 1 saturated heterocycles. The van der Waals surface area contributed by atoms with Gasteiger partial charge < -0.3 is 4.90 Å². The summed E-state index contributed by atoms with van der Waals surface area (Å²) in [4.78, 5) is 27.7. The number of nitrogens with zero attached hydrogens (tertiary/aromatic N) is 3. The fourth-order valence-electron chi connectivity index (χ4n) is 4.18. The standard InChI is InChI=1S/C25H26FN5O4S/c1-3-24(32)30-10-8-18(9-11-30)20-15-27-31(16-20)21-13-17(2)12-19(14-21)25(33)28-29-36(34,35)23-7-5-4-6-22(23)26/h3-7,12-16,18,29H,1,8-11H2,2H3,(H,28,33). The Labute approximate surface area is 208 Å². The second-order valence-corrected chi connectivity index (χ2v) is 10.2. The van der Waals surface area contributed by atoms with E-state index >= 15 is 0 Å². The topological polar surface area (TPSA) is 113 Å². The number of benzene rings is 2. The molecule has 0 atom stereocenters. The normalized spacial score (nSPS) is 14.4. The van der Waals surface area contributed by atoms with Crippen molar-refractivity contribution < 1.29 is 22.4 Å². The fraction of sp³-hybridized carbons (Fsp3) is 0.240. The van der Waals surface area contributed by atoms with Gasteiger partial charge in [-0.15, -0.1) is 4.83 Å². The van der Waals surface area contributed by atoms with Crippen molar-refractivity contribution >= 4 is 21.8 Å². The van der Waals surface area contributed by atoms with E-state index in [1.54, 1.807) is 34.8 Å². The summed E-state index contributed by atoms with van der Waals surface area (Å²) in [5.41, 5.74) is 4.76. The molecule has 1 aromatic heterocycles. The van der Waals surface area contributed by atoms with Crippen molar-refractivity contribution in [2.24, 2.45) is 0 Å². The zero-order valence-electron chi connectivity index (χ0n) is 19.6. The number of sulfonamides is 1. The summed E-state index contributed by atoms with van der Waals surface area (Å²) in [5.74, 6) is -1.44. The summed E-state index contributed by atoms with van der Waals surface area (Å²) in [6, 6.07) is 9.91. The Morgan fingerprint density at radius 3 is 2.58 bits per heavy atom. The molecular formula is C25H26FN5O4S. The number of rotatable bonds is 7. The van der Waals surface area contributed by atoms with Gasteiger partial charge in [-0.05, 0) is 73.2 Å². The van der Waals surface area contributed by atoms with Crippen molar-refractivity contribution in [3.63, 3.8) is 0 Å². The average molecular weight is 512 g/mol. The lowest BCUT2D eigenvalue weighted by molar-refractivity contribution is -0.127. The molecule has 1 fully saturated rings. The smallest absolute Gasteiger partial charge is 0.266 e. The van der Waals surface area contributed by atoms with E-state index in [0.29, 0.717) is 18.8 Å². The number of nitrogens with one attached hydrogen (secondary N) is 2. The number of piperidine rings is 1. The Morgan fingerprint density at radius 2 is 1.89 bits per heavy atom. The molecule has 4 rings (SSSR count). The second kappa shape index (κ2) is 10.4. The lowest BCUT2D eigenvalue weighted by Crippen LogP contribution is -2.41. The maximum atomic E-state index is 13.9. The molecule has 2 N–H and O–H groups in total. The highest BCUT2D eigenvalue weighted by Gasteiger charge is 2.24. The van der Waals surface area contributed by atoms with Crippen LogP contribution in [0.1, 0.15) is 40.2 Å². The number of amides is 2. The first-order valence-corrected chi connectivity index (χ1v) is 12.8. The Hall–Kier alpha value is -3.83. The van der Waals surface area contributed by atoms with Crippen LogP contribution in [-0.2, 0) is 14.8 Å². The van der Waals surface area contributed by atoms with Crippen molar-refractivity contribution in [3.05, 3.63) is 90.0 Å². The van der Waals surface area contributed by atoms with E-state index < -0.39 is 26.6 Å². The number of aryl methyl sites for hydroxylation is 1. The van der Waals surface area contributed by atoms with E-state index in [9.17, 15) is 22.4 Å². The molecule has 2 aromatic carbocycles. The van der Waals surface area contributed by atoms with Gasteiger partial charge in [-0.2, -0.15) is 5.10 Å². The molecule has 1 aliphatic heterocycles. The number of hydrogen-bond acceptors (Lipinski definition) is 5. The maximum absolute atomic E-state index is 13.9. The molecule has 1 aliphatic rings. The van der Waals surface area contributed by atoms with Gasteiger partial charge in [-0.1, -0.05) is 18.7 Å². The van der Waals surface area contributed by atoms with Gasteiger partial charge >= 0.3 is 0 Å². The number of halogens is 1. The van der Waals surface area contributed by atoms with E-state index in [1.807, 2.05) is 17.1 Å². The molecule has 3 aromatic rings. The first-order chi connectivity index (χ1) is 17.2. The Morgan fingerprint density at radius 1 is 1.17 bits per heavy atom. The minimum absolute atomic E-state index is 0.0640. The van der Waals surface area contributed by atoms with Gasteiger partial charge in [-0.25, -0.2) is 17.5 Å². The summed E-state index contributed by atoms with van der Waals surface area (Å²) >= 11 is 0. The van der Waals surface area contributed by atoms with Crippen LogP contribution >= 0.6 is 0 Å². The van der Waals surface area contributed by atoms with E-state index in [2.05, 4.69) is 17.1 Å². The van der Waals surface area contributed by atoms with Crippen LogP contribution in [0.2, 0.25) is 0 Å². The van der Waals surface area contributed by atoms with E-state index in [4.69, 9.17) is 0 Å². The van der Waals surface area contributed by atoms with Crippen molar-refractivity contribution in [1.29, 1.82) is 0 Å².